The van der Waals surface area contributed by atoms with E-state index < -0.39 is 0 Å². The smallest absolute Gasteiger partial charge is 0.248 e. The number of methoxy groups -OCH3 is 2. The molecule has 26 heavy (non-hydrogen) atoms. The summed E-state index contributed by atoms with van der Waals surface area (Å²) in [4.78, 5) is 8.27. The molecule has 0 spiro atoms. The minimum Gasteiger partial charge on any atom is -0.495 e. The summed E-state index contributed by atoms with van der Waals surface area (Å²) in [6, 6.07) is 12.4. The molecule has 0 fully saturated rings. The number of rotatable bonds is 6. The molecule has 134 valence electrons. The fourth-order valence-electron chi connectivity index (χ4n) is 2.27. The SMILES string of the molecule is COc1ccc(Cl)cc1Nc1ncnc(Oc2ccccc2OC)c1N. The fraction of sp³-hybridized carbons (Fsp3) is 0.111. The average Bonchev–Trinajstić information content (AvgIpc) is 2.65. The third-order valence-electron chi connectivity index (χ3n) is 3.54. The summed E-state index contributed by atoms with van der Waals surface area (Å²) in [5.41, 5.74) is 7.03. The third kappa shape index (κ3) is 3.73. The second kappa shape index (κ2) is 7.79. The Morgan fingerprint density at radius 1 is 0.962 bits per heavy atom. The molecule has 0 unspecified atom stereocenters. The Bertz CT molecular complexity index is 921. The molecular weight excluding hydrogens is 356 g/mol. The van der Waals surface area contributed by atoms with Gasteiger partial charge < -0.3 is 25.3 Å². The number of anilines is 3. The maximum Gasteiger partial charge on any atom is 0.248 e. The average molecular weight is 373 g/mol. The van der Waals surface area contributed by atoms with Crippen LogP contribution in [0, 0.1) is 0 Å². The zero-order chi connectivity index (χ0) is 18.5. The number of nitrogens with one attached hydrogen (secondary N) is 1. The van der Waals surface area contributed by atoms with Gasteiger partial charge in [0.15, 0.2) is 17.3 Å². The molecule has 0 saturated carbocycles. The van der Waals surface area contributed by atoms with Crippen LogP contribution in [0.2, 0.25) is 5.02 Å². The molecule has 0 radical (unpaired) electrons. The number of benzene rings is 2. The minimum absolute atomic E-state index is 0.202. The van der Waals surface area contributed by atoms with Gasteiger partial charge >= 0.3 is 0 Å². The molecular formula is C18H17ClN4O3. The van der Waals surface area contributed by atoms with Gasteiger partial charge in [0.2, 0.25) is 5.88 Å². The molecule has 0 aliphatic rings. The van der Waals surface area contributed by atoms with Crippen molar-refractivity contribution < 1.29 is 14.2 Å². The highest BCUT2D eigenvalue weighted by Gasteiger charge is 2.14. The van der Waals surface area contributed by atoms with Crippen LogP contribution in [0.4, 0.5) is 17.2 Å². The summed E-state index contributed by atoms with van der Waals surface area (Å²) in [5.74, 6) is 2.22. The summed E-state index contributed by atoms with van der Waals surface area (Å²) in [6.07, 6.45) is 1.35. The predicted octanol–water partition coefficient (Wildman–Crippen LogP) is 4.27. The molecule has 1 heterocycles. The normalized spacial score (nSPS) is 10.3. The molecule has 8 heteroatoms. The van der Waals surface area contributed by atoms with Crippen molar-refractivity contribution in [3.8, 4) is 23.1 Å². The van der Waals surface area contributed by atoms with Crippen molar-refractivity contribution in [2.45, 2.75) is 0 Å². The van der Waals surface area contributed by atoms with Gasteiger partial charge in [-0.15, -0.1) is 0 Å². The van der Waals surface area contributed by atoms with E-state index in [1.807, 2.05) is 12.1 Å². The van der Waals surface area contributed by atoms with Crippen LogP contribution in [0.25, 0.3) is 0 Å². The predicted molar refractivity (Wildman–Crippen MR) is 101 cm³/mol. The van der Waals surface area contributed by atoms with Crippen molar-refractivity contribution in [1.29, 1.82) is 0 Å². The quantitative estimate of drug-likeness (QED) is 0.667. The van der Waals surface area contributed by atoms with Gasteiger partial charge in [0.05, 0.1) is 19.9 Å². The zero-order valence-electron chi connectivity index (χ0n) is 14.2. The summed E-state index contributed by atoms with van der Waals surface area (Å²) in [6.45, 7) is 0. The molecule has 3 N–H and O–H groups in total. The summed E-state index contributed by atoms with van der Waals surface area (Å²) in [7, 11) is 3.12. The van der Waals surface area contributed by atoms with Crippen LogP contribution in [-0.4, -0.2) is 24.2 Å². The number of aromatic nitrogens is 2. The highest BCUT2D eigenvalue weighted by Crippen LogP contribution is 2.37. The first kappa shape index (κ1) is 17.6. The fourth-order valence-corrected chi connectivity index (χ4v) is 2.45. The molecule has 0 aliphatic heterocycles. The molecule has 0 amide bonds. The Labute approximate surface area is 155 Å². The van der Waals surface area contributed by atoms with E-state index in [0.717, 1.165) is 0 Å². The molecule has 0 bridgehead atoms. The van der Waals surface area contributed by atoms with Crippen LogP contribution in [0.1, 0.15) is 0 Å². The van der Waals surface area contributed by atoms with Gasteiger partial charge in [0.25, 0.3) is 0 Å². The topological polar surface area (TPSA) is 91.5 Å². The third-order valence-corrected chi connectivity index (χ3v) is 3.77. The number of hydrogen-bond acceptors (Lipinski definition) is 7. The van der Waals surface area contributed by atoms with E-state index in [2.05, 4.69) is 15.3 Å². The standard InChI is InChI=1S/C18H17ClN4O3/c1-24-13-8-7-11(19)9-12(13)23-17-16(20)18(22-10-21-17)26-15-6-4-3-5-14(15)25-2/h3-10H,20H2,1-2H3,(H,21,22,23). The number of ether oxygens (including phenoxy) is 3. The van der Waals surface area contributed by atoms with E-state index in [9.17, 15) is 0 Å². The molecule has 0 saturated heterocycles. The zero-order valence-corrected chi connectivity index (χ0v) is 14.9. The molecule has 0 atom stereocenters. The Kier molecular flexibility index (Phi) is 5.28. The van der Waals surface area contributed by atoms with Gasteiger partial charge in [0, 0.05) is 5.02 Å². The first-order chi connectivity index (χ1) is 12.6. The maximum atomic E-state index is 6.17. The molecule has 2 aromatic carbocycles. The lowest BCUT2D eigenvalue weighted by Gasteiger charge is -2.15. The first-order valence-electron chi connectivity index (χ1n) is 7.64. The van der Waals surface area contributed by atoms with E-state index >= 15 is 0 Å². The Morgan fingerprint density at radius 2 is 1.69 bits per heavy atom. The van der Waals surface area contributed by atoms with Crippen molar-refractivity contribution in [2.75, 3.05) is 25.3 Å². The number of nitrogens with zero attached hydrogens (tertiary/aromatic N) is 2. The van der Waals surface area contributed by atoms with Gasteiger partial charge in [-0.1, -0.05) is 23.7 Å². The molecule has 3 rings (SSSR count). The highest BCUT2D eigenvalue weighted by atomic mass is 35.5. The van der Waals surface area contributed by atoms with Crippen molar-refractivity contribution in [1.82, 2.24) is 9.97 Å². The van der Waals surface area contributed by atoms with Crippen molar-refractivity contribution in [3.63, 3.8) is 0 Å². The minimum atomic E-state index is 0.202. The van der Waals surface area contributed by atoms with E-state index in [1.165, 1.54) is 6.33 Å². The second-order valence-electron chi connectivity index (χ2n) is 5.16. The lowest BCUT2D eigenvalue weighted by atomic mass is 10.3. The Balaban J connectivity index is 1.92. The molecule has 3 aromatic rings. The van der Waals surface area contributed by atoms with Crippen molar-refractivity contribution in [2.24, 2.45) is 0 Å². The van der Waals surface area contributed by atoms with E-state index in [-0.39, 0.29) is 11.6 Å². The van der Waals surface area contributed by atoms with Crippen LogP contribution < -0.4 is 25.3 Å². The van der Waals surface area contributed by atoms with Crippen LogP contribution in [0.15, 0.2) is 48.8 Å². The number of nitrogens with two attached hydrogens (primary N) is 1. The molecule has 7 nitrogen and oxygen atoms in total. The highest BCUT2D eigenvalue weighted by molar-refractivity contribution is 6.31. The van der Waals surface area contributed by atoms with Gasteiger partial charge in [-0.3, -0.25) is 0 Å². The Hall–Kier alpha value is -3.19. The van der Waals surface area contributed by atoms with Crippen molar-refractivity contribution >= 4 is 28.8 Å². The van der Waals surface area contributed by atoms with E-state index in [0.29, 0.717) is 33.8 Å². The van der Waals surface area contributed by atoms with Crippen LogP contribution in [0.3, 0.4) is 0 Å². The summed E-state index contributed by atoms with van der Waals surface area (Å²) in [5, 5.41) is 3.64. The molecule has 1 aromatic heterocycles. The number of para-hydroxylation sites is 2. The Morgan fingerprint density at radius 3 is 2.42 bits per heavy atom. The molecule has 0 aliphatic carbocycles. The lowest BCUT2D eigenvalue weighted by molar-refractivity contribution is 0.374. The van der Waals surface area contributed by atoms with Crippen LogP contribution >= 0.6 is 11.6 Å². The largest absolute Gasteiger partial charge is 0.495 e. The number of hydrogen-bond donors (Lipinski definition) is 2. The monoisotopic (exact) mass is 372 g/mol. The first-order valence-corrected chi connectivity index (χ1v) is 8.02. The number of nitrogen functional groups attached to an aromatic ring is 1. The summed E-state index contributed by atoms with van der Waals surface area (Å²) >= 11 is 6.05. The van der Waals surface area contributed by atoms with E-state index in [1.54, 1.807) is 44.6 Å². The lowest BCUT2D eigenvalue weighted by Crippen LogP contribution is -2.04. The van der Waals surface area contributed by atoms with Gasteiger partial charge in [-0.2, -0.15) is 4.98 Å². The van der Waals surface area contributed by atoms with Gasteiger partial charge in [-0.25, -0.2) is 4.98 Å². The van der Waals surface area contributed by atoms with Crippen molar-refractivity contribution in [3.05, 3.63) is 53.8 Å². The van der Waals surface area contributed by atoms with Gasteiger partial charge in [-0.05, 0) is 30.3 Å². The summed E-state index contributed by atoms with van der Waals surface area (Å²) < 4.78 is 16.4. The second-order valence-corrected chi connectivity index (χ2v) is 5.60. The number of halogens is 1. The van der Waals surface area contributed by atoms with Gasteiger partial charge in [0.1, 0.15) is 17.8 Å². The van der Waals surface area contributed by atoms with Crippen LogP contribution in [0.5, 0.6) is 23.1 Å². The maximum absolute atomic E-state index is 6.17. The van der Waals surface area contributed by atoms with Crippen LogP contribution in [-0.2, 0) is 0 Å². The van der Waals surface area contributed by atoms with E-state index in [4.69, 9.17) is 31.5 Å².